The van der Waals surface area contributed by atoms with Gasteiger partial charge in [-0.05, 0) is 33.2 Å². The first-order valence-corrected chi connectivity index (χ1v) is 7.45. The van der Waals surface area contributed by atoms with E-state index in [1.54, 1.807) is 6.92 Å². The molecule has 5 nitrogen and oxygen atoms in total. The van der Waals surface area contributed by atoms with Gasteiger partial charge in [0, 0.05) is 32.2 Å². The van der Waals surface area contributed by atoms with E-state index in [2.05, 4.69) is 9.80 Å². The molecule has 2 saturated heterocycles. The van der Waals surface area contributed by atoms with Crippen LogP contribution in [0.1, 0.15) is 33.1 Å². The van der Waals surface area contributed by atoms with E-state index in [0.717, 1.165) is 19.6 Å². The van der Waals surface area contributed by atoms with E-state index in [0.29, 0.717) is 19.2 Å². The van der Waals surface area contributed by atoms with Crippen molar-refractivity contribution in [3.63, 3.8) is 0 Å². The Balaban J connectivity index is 1.87. The summed E-state index contributed by atoms with van der Waals surface area (Å²) in [4.78, 5) is 16.7. The van der Waals surface area contributed by atoms with E-state index >= 15 is 0 Å². The van der Waals surface area contributed by atoms with Crippen LogP contribution in [0.4, 0.5) is 0 Å². The first-order valence-electron chi connectivity index (χ1n) is 7.45. The number of rotatable bonds is 4. The summed E-state index contributed by atoms with van der Waals surface area (Å²) in [5, 5.41) is 0. The lowest BCUT2D eigenvalue weighted by molar-refractivity contribution is -0.150. The predicted octanol–water partition coefficient (Wildman–Crippen LogP) is 0.437. The Hall–Kier alpha value is -0.650. The SMILES string of the molecule is CCOC(=O)C(C)(N)CN1CCN2CCCCC2C1. The second kappa shape index (κ2) is 6.20. The third-order valence-electron chi connectivity index (χ3n) is 4.22. The summed E-state index contributed by atoms with van der Waals surface area (Å²) in [6.07, 6.45) is 3.93. The Morgan fingerprint density at radius 3 is 2.89 bits per heavy atom. The minimum Gasteiger partial charge on any atom is -0.465 e. The monoisotopic (exact) mass is 269 g/mol. The number of hydrogen-bond donors (Lipinski definition) is 1. The topological polar surface area (TPSA) is 58.8 Å². The highest BCUT2D eigenvalue weighted by Gasteiger charge is 2.36. The maximum absolute atomic E-state index is 11.8. The molecule has 2 aliphatic heterocycles. The maximum Gasteiger partial charge on any atom is 0.327 e. The number of carbonyl (C=O) groups is 1. The number of fused-ring (bicyclic) bond motifs is 1. The van der Waals surface area contributed by atoms with Crippen molar-refractivity contribution in [3.8, 4) is 0 Å². The van der Waals surface area contributed by atoms with Crippen molar-refractivity contribution in [1.82, 2.24) is 9.80 Å². The maximum atomic E-state index is 11.8. The van der Waals surface area contributed by atoms with Crippen LogP contribution in [-0.4, -0.2) is 66.7 Å². The third-order valence-corrected chi connectivity index (χ3v) is 4.22. The molecule has 2 rings (SSSR count). The molecule has 0 aromatic rings. The highest BCUT2D eigenvalue weighted by atomic mass is 16.5. The molecule has 2 heterocycles. The molecule has 110 valence electrons. The van der Waals surface area contributed by atoms with E-state index in [4.69, 9.17) is 10.5 Å². The van der Waals surface area contributed by atoms with E-state index in [1.165, 1.54) is 25.8 Å². The molecular formula is C14H27N3O2. The minimum absolute atomic E-state index is 0.291. The first-order chi connectivity index (χ1) is 9.03. The standard InChI is InChI=1S/C14H27N3O2/c1-3-19-13(18)14(2,15)11-16-8-9-17-7-5-4-6-12(17)10-16/h12H,3-11,15H2,1-2H3. The number of hydrogen-bond acceptors (Lipinski definition) is 5. The number of nitrogens with two attached hydrogens (primary N) is 1. The normalized spacial score (nSPS) is 28.5. The van der Waals surface area contributed by atoms with Gasteiger partial charge in [0.25, 0.3) is 0 Å². The molecule has 2 N–H and O–H groups in total. The summed E-state index contributed by atoms with van der Waals surface area (Å²) >= 11 is 0. The van der Waals surface area contributed by atoms with Crippen molar-refractivity contribution in [2.45, 2.75) is 44.7 Å². The fourth-order valence-corrected chi connectivity index (χ4v) is 3.19. The van der Waals surface area contributed by atoms with Crippen LogP contribution in [0, 0.1) is 0 Å². The molecule has 0 aromatic carbocycles. The van der Waals surface area contributed by atoms with Crippen molar-refractivity contribution in [2.24, 2.45) is 5.73 Å². The van der Waals surface area contributed by atoms with Gasteiger partial charge < -0.3 is 10.5 Å². The van der Waals surface area contributed by atoms with Gasteiger partial charge >= 0.3 is 5.97 Å². The fourth-order valence-electron chi connectivity index (χ4n) is 3.19. The Bertz CT molecular complexity index is 320. The summed E-state index contributed by atoms with van der Waals surface area (Å²) < 4.78 is 5.05. The molecule has 2 aliphatic rings. The van der Waals surface area contributed by atoms with Crippen LogP contribution in [0.15, 0.2) is 0 Å². The molecule has 2 atom stereocenters. The Kier molecular flexibility index (Phi) is 4.81. The highest BCUT2D eigenvalue weighted by Crippen LogP contribution is 2.22. The smallest absolute Gasteiger partial charge is 0.327 e. The molecule has 0 aliphatic carbocycles. The zero-order chi connectivity index (χ0) is 13.9. The molecular weight excluding hydrogens is 242 g/mol. The number of nitrogens with zero attached hydrogens (tertiary/aromatic N) is 2. The molecule has 0 saturated carbocycles. The van der Waals surface area contributed by atoms with Crippen LogP contribution in [0.2, 0.25) is 0 Å². The summed E-state index contributed by atoms with van der Waals surface area (Å²) in [5.41, 5.74) is 5.22. The summed E-state index contributed by atoms with van der Waals surface area (Å²) in [6.45, 7) is 8.94. The lowest BCUT2D eigenvalue weighted by atomic mass is 9.97. The Morgan fingerprint density at radius 2 is 2.16 bits per heavy atom. The van der Waals surface area contributed by atoms with Gasteiger partial charge in [-0.1, -0.05) is 6.42 Å². The molecule has 0 aromatic heterocycles. The van der Waals surface area contributed by atoms with Gasteiger partial charge in [0.15, 0.2) is 0 Å². The van der Waals surface area contributed by atoms with Gasteiger partial charge in [-0.15, -0.1) is 0 Å². The summed E-state index contributed by atoms with van der Waals surface area (Å²) in [6, 6.07) is 0.653. The first kappa shape index (κ1) is 14.8. The summed E-state index contributed by atoms with van der Waals surface area (Å²) in [5.74, 6) is -0.291. The number of ether oxygens (including phenoxy) is 1. The van der Waals surface area contributed by atoms with Crippen LogP contribution < -0.4 is 5.73 Å². The molecule has 0 bridgehead atoms. The molecule has 5 heteroatoms. The van der Waals surface area contributed by atoms with Crippen molar-refractivity contribution < 1.29 is 9.53 Å². The van der Waals surface area contributed by atoms with Gasteiger partial charge in [0.2, 0.25) is 0 Å². The molecule has 0 radical (unpaired) electrons. The van der Waals surface area contributed by atoms with E-state index in [1.807, 2.05) is 6.92 Å². The highest BCUT2D eigenvalue weighted by molar-refractivity contribution is 5.80. The lowest BCUT2D eigenvalue weighted by Crippen LogP contribution is -2.61. The summed E-state index contributed by atoms with van der Waals surface area (Å²) in [7, 11) is 0. The van der Waals surface area contributed by atoms with E-state index in [9.17, 15) is 4.79 Å². The molecule has 0 spiro atoms. The Morgan fingerprint density at radius 1 is 1.37 bits per heavy atom. The van der Waals surface area contributed by atoms with Crippen LogP contribution in [0.25, 0.3) is 0 Å². The molecule has 2 unspecified atom stereocenters. The zero-order valence-electron chi connectivity index (χ0n) is 12.2. The van der Waals surface area contributed by atoms with Crippen molar-refractivity contribution in [2.75, 3.05) is 39.3 Å². The van der Waals surface area contributed by atoms with Crippen molar-refractivity contribution in [1.29, 1.82) is 0 Å². The predicted molar refractivity (Wildman–Crippen MR) is 74.9 cm³/mol. The van der Waals surface area contributed by atoms with Crippen molar-refractivity contribution >= 4 is 5.97 Å². The third kappa shape index (κ3) is 3.68. The van der Waals surface area contributed by atoms with Crippen LogP contribution >= 0.6 is 0 Å². The average Bonchev–Trinajstić information content (AvgIpc) is 2.38. The molecule has 19 heavy (non-hydrogen) atoms. The Labute approximate surface area is 116 Å². The second-order valence-electron chi connectivity index (χ2n) is 6.06. The number of esters is 1. The lowest BCUT2D eigenvalue weighted by Gasteiger charge is -2.45. The zero-order valence-corrected chi connectivity index (χ0v) is 12.2. The van der Waals surface area contributed by atoms with Crippen LogP contribution in [0.3, 0.4) is 0 Å². The average molecular weight is 269 g/mol. The van der Waals surface area contributed by atoms with Gasteiger partial charge in [-0.3, -0.25) is 14.6 Å². The second-order valence-corrected chi connectivity index (χ2v) is 6.06. The van der Waals surface area contributed by atoms with Gasteiger partial charge in [0.1, 0.15) is 5.54 Å². The van der Waals surface area contributed by atoms with Gasteiger partial charge in [-0.25, -0.2) is 0 Å². The van der Waals surface area contributed by atoms with Crippen LogP contribution in [0.5, 0.6) is 0 Å². The number of piperidine rings is 1. The number of piperazine rings is 1. The minimum atomic E-state index is -0.896. The molecule has 0 amide bonds. The fraction of sp³-hybridized carbons (Fsp3) is 0.929. The largest absolute Gasteiger partial charge is 0.465 e. The van der Waals surface area contributed by atoms with E-state index < -0.39 is 5.54 Å². The van der Waals surface area contributed by atoms with Gasteiger partial charge in [-0.2, -0.15) is 0 Å². The van der Waals surface area contributed by atoms with E-state index in [-0.39, 0.29) is 5.97 Å². The van der Waals surface area contributed by atoms with Crippen molar-refractivity contribution in [3.05, 3.63) is 0 Å². The van der Waals surface area contributed by atoms with Crippen LogP contribution in [-0.2, 0) is 9.53 Å². The van der Waals surface area contributed by atoms with Gasteiger partial charge in [0.05, 0.1) is 6.61 Å². The molecule has 2 fully saturated rings. The number of carbonyl (C=O) groups excluding carboxylic acids is 1. The quantitative estimate of drug-likeness (QED) is 0.750.